The van der Waals surface area contributed by atoms with Crippen LogP contribution in [0, 0.1) is 5.92 Å². The van der Waals surface area contributed by atoms with Crippen LogP contribution in [0.1, 0.15) is 24.2 Å². The summed E-state index contributed by atoms with van der Waals surface area (Å²) in [5.74, 6) is 1.94. The molecular formula is C19H25N5O2. The number of carbonyl (C=O) groups is 1. The highest BCUT2D eigenvalue weighted by atomic mass is 16.5. The lowest BCUT2D eigenvalue weighted by atomic mass is 10.1. The Balaban J connectivity index is 1.54. The third-order valence-corrected chi connectivity index (χ3v) is 5.24. The van der Waals surface area contributed by atoms with Crippen LogP contribution >= 0.6 is 0 Å². The molecule has 26 heavy (non-hydrogen) atoms. The van der Waals surface area contributed by atoms with E-state index in [1.54, 1.807) is 13.4 Å². The molecule has 1 aromatic carbocycles. The van der Waals surface area contributed by atoms with Gasteiger partial charge in [-0.25, -0.2) is 9.67 Å². The lowest BCUT2D eigenvalue weighted by Crippen LogP contribution is -2.40. The average Bonchev–Trinajstić information content (AvgIpc) is 3.31. The van der Waals surface area contributed by atoms with E-state index in [4.69, 9.17) is 4.74 Å². The van der Waals surface area contributed by atoms with Crippen molar-refractivity contribution in [3.8, 4) is 5.75 Å². The molecule has 7 nitrogen and oxygen atoms in total. The van der Waals surface area contributed by atoms with Gasteiger partial charge in [0.2, 0.25) is 5.91 Å². The van der Waals surface area contributed by atoms with Gasteiger partial charge in [-0.05, 0) is 30.5 Å². The smallest absolute Gasteiger partial charge is 0.228 e. The summed E-state index contributed by atoms with van der Waals surface area (Å²) in [7, 11) is 1.68. The Labute approximate surface area is 153 Å². The monoisotopic (exact) mass is 355 g/mol. The molecule has 0 N–H and O–H groups in total. The van der Waals surface area contributed by atoms with Crippen molar-refractivity contribution in [2.45, 2.75) is 32.5 Å². The number of nitrogens with zero attached hydrogens (tertiary/aromatic N) is 5. The molecule has 2 aromatic rings. The van der Waals surface area contributed by atoms with Gasteiger partial charge in [-0.2, -0.15) is 5.10 Å². The van der Waals surface area contributed by atoms with E-state index in [0.717, 1.165) is 50.6 Å². The first kappa shape index (κ1) is 17.0. The molecule has 1 aromatic heterocycles. The number of likely N-dealkylation sites (tertiary alicyclic amines) is 1. The third kappa shape index (κ3) is 3.58. The first-order valence-corrected chi connectivity index (χ1v) is 9.23. The van der Waals surface area contributed by atoms with Crippen LogP contribution in [0.5, 0.6) is 5.75 Å². The molecule has 3 heterocycles. The predicted molar refractivity (Wildman–Crippen MR) is 96.4 cm³/mol. The number of ether oxygens (including phenoxy) is 1. The SMILES string of the molecule is COc1cccc(CN2Cc3ncnn3C[C@@H](C(=O)N3CCCC3)C2)c1. The average molecular weight is 355 g/mol. The molecule has 4 rings (SSSR count). The zero-order valence-electron chi connectivity index (χ0n) is 15.2. The summed E-state index contributed by atoms with van der Waals surface area (Å²) in [6.45, 7) is 4.55. The van der Waals surface area contributed by atoms with Crippen molar-refractivity contribution >= 4 is 5.91 Å². The quantitative estimate of drug-likeness (QED) is 0.832. The van der Waals surface area contributed by atoms with Crippen LogP contribution < -0.4 is 4.74 Å². The summed E-state index contributed by atoms with van der Waals surface area (Å²) >= 11 is 0. The van der Waals surface area contributed by atoms with Gasteiger partial charge in [-0.1, -0.05) is 12.1 Å². The number of amides is 1. The van der Waals surface area contributed by atoms with Gasteiger partial charge < -0.3 is 9.64 Å². The molecule has 1 fully saturated rings. The van der Waals surface area contributed by atoms with Crippen LogP contribution in [0.15, 0.2) is 30.6 Å². The summed E-state index contributed by atoms with van der Waals surface area (Å²) in [6.07, 6.45) is 3.81. The van der Waals surface area contributed by atoms with Gasteiger partial charge >= 0.3 is 0 Å². The number of hydrogen-bond donors (Lipinski definition) is 0. The Hall–Kier alpha value is -2.41. The van der Waals surface area contributed by atoms with Gasteiger partial charge in [0.25, 0.3) is 0 Å². The van der Waals surface area contributed by atoms with Crippen LogP contribution in [-0.2, 0) is 24.4 Å². The Morgan fingerprint density at radius 1 is 1.27 bits per heavy atom. The van der Waals surface area contributed by atoms with Gasteiger partial charge in [0.1, 0.15) is 17.9 Å². The van der Waals surface area contributed by atoms with Crippen molar-refractivity contribution in [2.24, 2.45) is 5.92 Å². The second-order valence-corrected chi connectivity index (χ2v) is 7.11. The molecule has 1 saturated heterocycles. The van der Waals surface area contributed by atoms with Crippen molar-refractivity contribution in [2.75, 3.05) is 26.7 Å². The third-order valence-electron chi connectivity index (χ3n) is 5.24. The van der Waals surface area contributed by atoms with Gasteiger partial charge in [-0.3, -0.25) is 9.69 Å². The number of benzene rings is 1. The van der Waals surface area contributed by atoms with Gasteiger partial charge in [0.05, 0.1) is 26.1 Å². The van der Waals surface area contributed by atoms with Crippen molar-refractivity contribution in [3.05, 3.63) is 42.0 Å². The van der Waals surface area contributed by atoms with Crippen molar-refractivity contribution in [1.29, 1.82) is 0 Å². The van der Waals surface area contributed by atoms with Crippen molar-refractivity contribution in [1.82, 2.24) is 24.6 Å². The maximum atomic E-state index is 13.0. The maximum Gasteiger partial charge on any atom is 0.228 e. The number of aromatic nitrogens is 3. The van der Waals surface area contributed by atoms with E-state index in [-0.39, 0.29) is 11.8 Å². The Bertz CT molecular complexity index is 769. The molecule has 138 valence electrons. The van der Waals surface area contributed by atoms with Crippen LogP contribution in [-0.4, -0.2) is 57.2 Å². The van der Waals surface area contributed by atoms with Gasteiger partial charge in [0.15, 0.2) is 0 Å². The summed E-state index contributed by atoms with van der Waals surface area (Å²) < 4.78 is 7.23. The molecule has 2 aliphatic rings. The fourth-order valence-corrected chi connectivity index (χ4v) is 3.91. The number of carbonyl (C=O) groups excluding carboxylic acids is 1. The first-order chi connectivity index (χ1) is 12.7. The van der Waals surface area contributed by atoms with Crippen LogP contribution in [0.25, 0.3) is 0 Å². The molecule has 0 radical (unpaired) electrons. The molecular weight excluding hydrogens is 330 g/mol. The number of fused-ring (bicyclic) bond motifs is 1. The molecule has 0 spiro atoms. The topological polar surface area (TPSA) is 63.5 Å². The molecule has 0 aliphatic carbocycles. The summed E-state index contributed by atoms with van der Waals surface area (Å²) in [5, 5.41) is 4.33. The molecule has 7 heteroatoms. The molecule has 2 aliphatic heterocycles. The Morgan fingerprint density at radius 3 is 2.92 bits per heavy atom. The zero-order chi connectivity index (χ0) is 17.9. The van der Waals surface area contributed by atoms with E-state index in [2.05, 4.69) is 21.0 Å². The minimum absolute atomic E-state index is 0.0818. The second kappa shape index (κ2) is 7.45. The van der Waals surface area contributed by atoms with E-state index >= 15 is 0 Å². The number of methoxy groups -OCH3 is 1. The zero-order valence-corrected chi connectivity index (χ0v) is 15.2. The number of hydrogen-bond acceptors (Lipinski definition) is 5. The Morgan fingerprint density at radius 2 is 2.12 bits per heavy atom. The summed E-state index contributed by atoms with van der Waals surface area (Å²) in [6, 6.07) is 8.09. The van der Waals surface area contributed by atoms with E-state index in [1.807, 2.05) is 27.8 Å². The van der Waals surface area contributed by atoms with Crippen molar-refractivity contribution in [3.63, 3.8) is 0 Å². The van der Waals surface area contributed by atoms with Crippen LogP contribution in [0.2, 0.25) is 0 Å². The van der Waals surface area contributed by atoms with Gasteiger partial charge in [0, 0.05) is 26.2 Å². The number of rotatable bonds is 4. The highest BCUT2D eigenvalue weighted by Crippen LogP contribution is 2.22. The summed E-state index contributed by atoms with van der Waals surface area (Å²) in [5.41, 5.74) is 1.17. The molecule has 1 atom stereocenters. The maximum absolute atomic E-state index is 13.0. The van der Waals surface area contributed by atoms with Crippen LogP contribution in [0.4, 0.5) is 0 Å². The largest absolute Gasteiger partial charge is 0.497 e. The lowest BCUT2D eigenvalue weighted by molar-refractivity contribution is -0.135. The highest BCUT2D eigenvalue weighted by molar-refractivity contribution is 5.79. The highest BCUT2D eigenvalue weighted by Gasteiger charge is 2.32. The minimum atomic E-state index is -0.0818. The van der Waals surface area contributed by atoms with E-state index in [9.17, 15) is 4.79 Å². The molecule has 1 amide bonds. The van der Waals surface area contributed by atoms with E-state index < -0.39 is 0 Å². The fraction of sp³-hybridized carbons (Fsp3) is 0.526. The standard InChI is InChI=1S/C19H25N5O2/c1-26-17-6-4-5-15(9-17)10-22-11-16(19(25)23-7-2-3-8-23)12-24-18(13-22)20-14-21-24/h4-6,9,14,16H,2-3,7-8,10-13H2,1H3/t16-/m0/s1. The predicted octanol–water partition coefficient (Wildman–Crippen LogP) is 1.54. The lowest BCUT2D eigenvalue weighted by Gasteiger charge is -2.26. The normalized spacial score (nSPS) is 20.7. The molecule has 0 saturated carbocycles. The van der Waals surface area contributed by atoms with Crippen LogP contribution in [0.3, 0.4) is 0 Å². The Kier molecular flexibility index (Phi) is 4.88. The second-order valence-electron chi connectivity index (χ2n) is 7.11. The first-order valence-electron chi connectivity index (χ1n) is 9.23. The van der Waals surface area contributed by atoms with E-state index in [1.165, 1.54) is 5.56 Å². The minimum Gasteiger partial charge on any atom is -0.497 e. The molecule has 0 bridgehead atoms. The molecule has 0 unspecified atom stereocenters. The van der Waals surface area contributed by atoms with E-state index in [0.29, 0.717) is 13.1 Å². The summed E-state index contributed by atoms with van der Waals surface area (Å²) in [4.78, 5) is 21.7. The van der Waals surface area contributed by atoms with Gasteiger partial charge in [-0.15, -0.1) is 0 Å². The fourth-order valence-electron chi connectivity index (χ4n) is 3.91. The van der Waals surface area contributed by atoms with Crippen molar-refractivity contribution < 1.29 is 9.53 Å².